The van der Waals surface area contributed by atoms with Gasteiger partial charge in [0.25, 0.3) is 0 Å². The van der Waals surface area contributed by atoms with Crippen LogP contribution in [0.4, 0.5) is 4.39 Å². The molecule has 0 radical (unpaired) electrons. The summed E-state index contributed by atoms with van der Waals surface area (Å²) in [4.78, 5) is 11.6. The first-order valence-corrected chi connectivity index (χ1v) is 6.33. The molecule has 2 aromatic carbocycles. The van der Waals surface area contributed by atoms with Crippen LogP contribution < -0.4 is 5.43 Å². The maximum Gasteiger partial charge on any atom is 0.244 e. The second kappa shape index (κ2) is 6.82. The van der Waals surface area contributed by atoms with Crippen LogP contribution in [0, 0.1) is 5.82 Å². The lowest BCUT2D eigenvalue weighted by Gasteiger charge is -2.00. The first-order chi connectivity index (χ1) is 9.63. The third-order valence-electron chi connectivity index (χ3n) is 2.53. The summed E-state index contributed by atoms with van der Waals surface area (Å²) in [7, 11) is 0. The van der Waals surface area contributed by atoms with Crippen LogP contribution in [0.3, 0.4) is 0 Å². The Bertz CT molecular complexity index is 626. The Kier molecular flexibility index (Phi) is 4.85. The lowest BCUT2D eigenvalue weighted by atomic mass is 10.1. The van der Waals surface area contributed by atoms with E-state index < -0.39 is 0 Å². The minimum Gasteiger partial charge on any atom is -0.273 e. The molecule has 0 spiro atoms. The van der Waals surface area contributed by atoms with Crippen molar-refractivity contribution in [3.8, 4) is 0 Å². The molecule has 5 heteroatoms. The summed E-state index contributed by atoms with van der Waals surface area (Å²) in [5.74, 6) is -0.594. The van der Waals surface area contributed by atoms with Gasteiger partial charge in [0.1, 0.15) is 5.82 Å². The Morgan fingerprint density at radius 3 is 2.70 bits per heavy atom. The Morgan fingerprint density at radius 1 is 1.25 bits per heavy atom. The van der Waals surface area contributed by atoms with Crippen LogP contribution in [0.5, 0.6) is 0 Å². The monoisotopic (exact) mass is 290 g/mol. The highest BCUT2D eigenvalue weighted by molar-refractivity contribution is 6.30. The fourth-order valence-corrected chi connectivity index (χ4v) is 1.79. The zero-order valence-corrected chi connectivity index (χ0v) is 11.3. The van der Waals surface area contributed by atoms with Crippen molar-refractivity contribution < 1.29 is 9.18 Å². The Balaban J connectivity index is 1.87. The highest BCUT2D eigenvalue weighted by atomic mass is 35.5. The third kappa shape index (κ3) is 4.48. The number of nitrogens with zero attached hydrogens (tertiary/aromatic N) is 1. The van der Waals surface area contributed by atoms with Gasteiger partial charge < -0.3 is 0 Å². The molecule has 1 amide bonds. The topological polar surface area (TPSA) is 41.5 Å². The maximum atomic E-state index is 12.7. The lowest BCUT2D eigenvalue weighted by molar-refractivity contribution is -0.120. The van der Waals surface area contributed by atoms with Gasteiger partial charge in [-0.15, -0.1) is 0 Å². The third-order valence-corrected chi connectivity index (χ3v) is 2.76. The van der Waals surface area contributed by atoms with E-state index in [9.17, 15) is 9.18 Å². The number of carbonyl (C=O) groups is 1. The summed E-state index contributed by atoms with van der Waals surface area (Å²) >= 11 is 5.83. The molecule has 102 valence electrons. The molecular formula is C15H12ClFN2O. The summed E-state index contributed by atoms with van der Waals surface area (Å²) in [5.41, 5.74) is 3.92. The SMILES string of the molecule is O=C(Cc1ccc(F)cc1)N/N=C\c1cccc(Cl)c1. The van der Waals surface area contributed by atoms with Crippen LogP contribution in [-0.2, 0) is 11.2 Å². The summed E-state index contributed by atoms with van der Waals surface area (Å²) in [6.07, 6.45) is 1.65. The summed E-state index contributed by atoms with van der Waals surface area (Å²) in [5, 5.41) is 4.44. The van der Waals surface area contributed by atoms with Crippen LogP contribution in [-0.4, -0.2) is 12.1 Å². The van der Waals surface area contributed by atoms with Gasteiger partial charge in [-0.05, 0) is 35.4 Å². The molecule has 0 aliphatic carbocycles. The summed E-state index contributed by atoms with van der Waals surface area (Å²) < 4.78 is 12.7. The van der Waals surface area contributed by atoms with Crippen LogP contribution in [0.25, 0.3) is 0 Å². The molecule has 2 rings (SSSR count). The fourth-order valence-electron chi connectivity index (χ4n) is 1.59. The number of carbonyl (C=O) groups excluding carboxylic acids is 1. The molecule has 1 N–H and O–H groups in total. The van der Waals surface area contributed by atoms with E-state index in [-0.39, 0.29) is 18.1 Å². The van der Waals surface area contributed by atoms with E-state index >= 15 is 0 Å². The molecule has 0 heterocycles. The number of rotatable bonds is 4. The van der Waals surface area contributed by atoms with Gasteiger partial charge in [0.2, 0.25) is 5.91 Å². The van der Waals surface area contributed by atoms with Crippen molar-refractivity contribution in [1.29, 1.82) is 0 Å². The van der Waals surface area contributed by atoms with Crippen molar-refractivity contribution in [2.24, 2.45) is 5.10 Å². The van der Waals surface area contributed by atoms with Crippen LogP contribution in [0.2, 0.25) is 5.02 Å². The smallest absolute Gasteiger partial charge is 0.244 e. The zero-order chi connectivity index (χ0) is 14.4. The van der Waals surface area contributed by atoms with Crippen molar-refractivity contribution in [2.45, 2.75) is 6.42 Å². The maximum absolute atomic E-state index is 12.7. The van der Waals surface area contributed by atoms with Gasteiger partial charge in [0.15, 0.2) is 0 Å². The van der Waals surface area contributed by atoms with Gasteiger partial charge >= 0.3 is 0 Å². The fraction of sp³-hybridized carbons (Fsp3) is 0.0667. The van der Waals surface area contributed by atoms with Crippen molar-refractivity contribution in [1.82, 2.24) is 5.43 Å². The van der Waals surface area contributed by atoms with Crippen molar-refractivity contribution in [3.05, 3.63) is 70.5 Å². The molecule has 0 unspecified atom stereocenters. The van der Waals surface area contributed by atoms with E-state index in [0.29, 0.717) is 5.02 Å². The molecule has 0 fully saturated rings. The van der Waals surface area contributed by atoms with Gasteiger partial charge in [0, 0.05) is 5.02 Å². The average Bonchev–Trinajstić information content (AvgIpc) is 2.41. The number of hydrogen-bond donors (Lipinski definition) is 1. The lowest BCUT2D eigenvalue weighted by Crippen LogP contribution is -2.19. The van der Waals surface area contributed by atoms with E-state index in [1.54, 1.807) is 30.3 Å². The molecule has 0 aromatic heterocycles. The van der Waals surface area contributed by atoms with E-state index in [0.717, 1.165) is 11.1 Å². The molecule has 20 heavy (non-hydrogen) atoms. The van der Waals surface area contributed by atoms with Crippen LogP contribution in [0.15, 0.2) is 53.6 Å². The van der Waals surface area contributed by atoms with Gasteiger partial charge in [-0.3, -0.25) is 4.79 Å². The molecule has 0 atom stereocenters. The van der Waals surface area contributed by atoms with Crippen molar-refractivity contribution >= 4 is 23.7 Å². The molecular weight excluding hydrogens is 279 g/mol. The molecule has 0 saturated heterocycles. The first-order valence-electron chi connectivity index (χ1n) is 5.95. The summed E-state index contributed by atoms with van der Waals surface area (Å²) in [6, 6.07) is 12.9. The van der Waals surface area contributed by atoms with Crippen LogP contribution in [0.1, 0.15) is 11.1 Å². The standard InChI is InChI=1S/C15H12ClFN2O/c16-13-3-1-2-12(8-13)10-18-19-15(20)9-11-4-6-14(17)7-5-11/h1-8,10H,9H2,(H,19,20)/b18-10-. The molecule has 0 aliphatic heterocycles. The summed E-state index contributed by atoms with van der Waals surface area (Å²) in [6.45, 7) is 0. The second-order valence-electron chi connectivity index (χ2n) is 4.15. The number of amides is 1. The highest BCUT2D eigenvalue weighted by Crippen LogP contribution is 2.08. The van der Waals surface area contributed by atoms with Gasteiger partial charge in [-0.1, -0.05) is 35.9 Å². The Hall–Kier alpha value is -2.20. The number of hydrazone groups is 1. The molecule has 0 saturated carbocycles. The number of hydrogen-bond acceptors (Lipinski definition) is 2. The highest BCUT2D eigenvalue weighted by Gasteiger charge is 2.02. The molecule has 0 bridgehead atoms. The second-order valence-corrected chi connectivity index (χ2v) is 4.59. The number of halogens is 2. The predicted octanol–water partition coefficient (Wildman–Crippen LogP) is 3.17. The van der Waals surface area contributed by atoms with Gasteiger partial charge in [0.05, 0.1) is 12.6 Å². The van der Waals surface area contributed by atoms with Crippen molar-refractivity contribution in [3.63, 3.8) is 0 Å². The average molecular weight is 291 g/mol. The number of benzene rings is 2. The minimum atomic E-state index is -0.326. The molecule has 3 nitrogen and oxygen atoms in total. The van der Waals surface area contributed by atoms with Gasteiger partial charge in [-0.2, -0.15) is 5.10 Å². The zero-order valence-electron chi connectivity index (χ0n) is 10.5. The van der Waals surface area contributed by atoms with E-state index in [1.807, 2.05) is 6.07 Å². The van der Waals surface area contributed by atoms with Crippen molar-refractivity contribution in [2.75, 3.05) is 0 Å². The largest absolute Gasteiger partial charge is 0.273 e. The van der Waals surface area contributed by atoms with Crippen LogP contribution >= 0.6 is 11.6 Å². The van der Waals surface area contributed by atoms with Gasteiger partial charge in [-0.25, -0.2) is 9.82 Å². The predicted molar refractivity (Wildman–Crippen MR) is 77.3 cm³/mol. The van der Waals surface area contributed by atoms with E-state index in [1.165, 1.54) is 18.3 Å². The molecule has 0 aliphatic rings. The Labute approximate surface area is 121 Å². The normalized spacial score (nSPS) is 10.7. The Morgan fingerprint density at radius 2 is 2.00 bits per heavy atom. The molecule has 2 aromatic rings. The minimum absolute atomic E-state index is 0.146. The van der Waals surface area contributed by atoms with E-state index in [4.69, 9.17) is 11.6 Å². The quantitative estimate of drug-likeness (QED) is 0.682. The van der Waals surface area contributed by atoms with E-state index in [2.05, 4.69) is 10.5 Å². The first kappa shape index (κ1) is 14.2. The number of nitrogens with one attached hydrogen (secondary N) is 1.